The fourth-order valence-electron chi connectivity index (χ4n) is 3.15. The van der Waals surface area contributed by atoms with Crippen molar-refractivity contribution in [3.8, 4) is 17.2 Å². The molecule has 1 aliphatic rings. The zero-order valence-corrected chi connectivity index (χ0v) is 17.8. The summed E-state index contributed by atoms with van der Waals surface area (Å²) in [5, 5.41) is 3.33. The molecule has 2 aromatic rings. The Hall–Kier alpha value is -2.93. The lowest BCUT2D eigenvalue weighted by molar-refractivity contribution is -0.125. The normalized spacial score (nSPS) is 12.8. The highest BCUT2D eigenvalue weighted by Gasteiger charge is 2.27. The average molecular weight is 433 g/mol. The van der Waals surface area contributed by atoms with Crippen LogP contribution in [0.25, 0.3) is 0 Å². The molecule has 2 amide bonds. The van der Waals surface area contributed by atoms with Crippen LogP contribution in [-0.2, 0) is 16.0 Å². The van der Waals surface area contributed by atoms with Crippen molar-refractivity contribution in [1.29, 1.82) is 0 Å². The van der Waals surface area contributed by atoms with Crippen molar-refractivity contribution in [2.24, 2.45) is 0 Å². The van der Waals surface area contributed by atoms with Crippen LogP contribution in [-0.4, -0.2) is 44.7 Å². The van der Waals surface area contributed by atoms with Crippen LogP contribution in [0.4, 0.5) is 5.69 Å². The molecule has 0 unspecified atom stereocenters. The molecule has 0 saturated heterocycles. The number of ether oxygens (including phenoxy) is 3. The second-order valence-electron chi connectivity index (χ2n) is 6.63. The van der Waals surface area contributed by atoms with Gasteiger partial charge in [0.2, 0.25) is 5.91 Å². The maximum absolute atomic E-state index is 12.4. The van der Waals surface area contributed by atoms with E-state index in [1.807, 2.05) is 32.0 Å². The quantitative estimate of drug-likeness (QED) is 0.658. The smallest absolute Gasteiger partial charge is 0.265 e. The fourth-order valence-corrected chi connectivity index (χ4v) is 3.31. The van der Waals surface area contributed by atoms with Gasteiger partial charge in [-0.2, -0.15) is 0 Å². The highest BCUT2D eigenvalue weighted by Crippen LogP contribution is 2.34. The SMILES string of the molecule is CCOc1ccc(CCNC(=O)CN2C(=O)COc3ccc(Cl)cc32)cc1OCC. The minimum Gasteiger partial charge on any atom is -0.490 e. The van der Waals surface area contributed by atoms with Crippen molar-refractivity contribution in [2.75, 3.05) is 37.8 Å². The Labute approximate surface area is 180 Å². The average Bonchev–Trinajstić information content (AvgIpc) is 2.72. The number of hydrogen-bond acceptors (Lipinski definition) is 5. The summed E-state index contributed by atoms with van der Waals surface area (Å²) in [6.07, 6.45) is 0.623. The zero-order chi connectivity index (χ0) is 21.5. The summed E-state index contributed by atoms with van der Waals surface area (Å²) in [7, 11) is 0. The van der Waals surface area contributed by atoms with Crippen molar-refractivity contribution in [3.63, 3.8) is 0 Å². The Morgan fingerprint density at radius 1 is 1.13 bits per heavy atom. The van der Waals surface area contributed by atoms with Crippen LogP contribution in [0.15, 0.2) is 36.4 Å². The number of rotatable bonds is 9. The van der Waals surface area contributed by atoms with Crippen molar-refractivity contribution < 1.29 is 23.8 Å². The monoisotopic (exact) mass is 432 g/mol. The number of hydrogen-bond donors (Lipinski definition) is 1. The third-order valence-corrected chi connectivity index (χ3v) is 4.74. The highest BCUT2D eigenvalue weighted by molar-refractivity contribution is 6.31. The Morgan fingerprint density at radius 2 is 1.90 bits per heavy atom. The third-order valence-electron chi connectivity index (χ3n) is 4.51. The first-order chi connectivity index (χ1) is 14.5. The summed E-state index contributed by atoms with van der Waals surface area (Å²) in [4.78, 5) is 26.1. The molecule has 0 aromatic heterocycles. The van der Waals surface area contributed by atoms with Crippen LogP contribution in [0.2, 0.25) is 5.02 Å². The third kappa shape index (κ3) is 5.36. The molecular weight excluding hydrogens is 408 g/mol. The van der Waals surface area contributed by atoms with Crippen molar-refractivity contribution in [1.82, 2.24) is 5.32 Å². The summed E-state index contributed by atoms with van der Waals surface area (Å²) in [6.45, 7) is 5.17. The topological polar surface area (TPSA) is 77.1 Å². The molecule has 2 aromatic carbocycles. The lowest BCUT2D eigenvalue weighted by Crippen LogP contribution is -2.45. The highest BCUT2D eigenvalue weighted by atomic mass is 35.5. The van der Waals surface area contributed by atoms with Gasteiger partial charge in [-0.15, -0.1) is 0 Å². The van der Waals surface area contributed by atoms with Gasteiger partial charge in [0.25, 0.3) is 5.91 Å². The molecule has 8 heteroatoms. The molecule has 0 saturated carbocycles. The number of benzene rings is 2. The zero-order valence-electron chi connectivity index (χ0n) is 17.1. The predicted octanol–water partition coefficient (Wildman–Crippen LogP) is 3.22. The first-order valence-electron chi connectivity index (χ1n) is 9.89. The van der Waals surface area contributed by atoms with Gasteiger partial charge in [0, 0.05) is 11.6 Å². The van der Waals surface area contributed by atoms with Gasteiger partial charge in [0.15, 0.2) is 18.1 Å². The number of nitrogens with one attached hydrogen (secondary N) is 1. The predicted molar refractivity (Wildman–Crippen MR) is 115 cm³/mol. The Kier molecular flexibility index (Phi) is 7.41. The summed E-state index contributed by atoms with van der Waals surface area (Å²) < 4.78 is 16.6. The number of fused-ring (bicyclic) bond motifs is 1. The molecular formula is C22H25ClN2O5. The standard InChI is InChI=1S/C22H25ClN2O5/c1-3-28-19-7-5-15(11-20(19)29-4-2)9-10-24-21(26)13-25-17-12-16(23)6-8-18(17)30-14-22(25)27/h5-8,11-12H,3-4,9-10,13-14H2,1-2H3,(H,24,26). The second kappa shape index (κ2) is 10.2. The van der Waals surface area contributed by atoms with E-state index in [9.17, 15) is 9.59 Å². The van der Waals surface area contributed by atoms with Gasteiger partial charge in [-0.1, -0.05) is 17.7 Å². The molecule has 0 radical (unpaired) electrons. The van der Waals surface area contributed by atoms with Gasteiger partial charge in [-0.05, 0) is 56.2 Å². The van der Waals surface area contributed by atoms with E-state index in [2.05, 4.69) is 5.32 Å². The largest absolute Gasteiger partial charge is 0.490 e. The van der Waals surface area contributed by atoms with Crippen molar-refractivity contribution >= 4 is 29.1 Å². The fraction of sp³-hybridized carbons (Fsp3) is 0.364. The van der Waals surface area contributed by atoms with E-state index in [-0.39, 0.29) is 25.0 Å². The molecule has 160 valence electrons. The number of nitrogens with zero attached hydrogens (tertiary/aromatic N) is 1. The number of amides is 2. The molecule has 0 fully saturated rings. The van der Waals surface area contributed by atoms with E-state index in [1.165, 1.54) is 4.90 Å². The molecule has 1 heterocycles. The number of carbonyl (C=O) groups excluding carboxylic acids is 2. The lowest BCUT2D eigenvalue weighted by atomic mass is 10.1. The molecule has 7 nitrogen and oxygen atoms in total. The summed E-state index contributed by atoms with van der Waals surface area (Å²) >= 11 is 6.03. The van der Waals surface area contributed by atoms with Crippen LogP contribution in [0, 0.1) is 0 Å². The molecule has 0 spiro atoms. The van der Waals surface area contributed by atoms with Crippen molar-refractivity contribution in [2.45, 2.75) is 20.3 Å². The van der Waals surface area contributed by atoms with E-state index < -0.39 is 0 Å². The summed E-state index contributed by atoms with van der Waals surface area (Å²) in [5.41, 5.74) is 1.52. The van der Waals surface area contributed by atoms with Crippen molar-refractivity contribution in [3.05, 3.63) is 47.0 Å². The Balaban J connectivity index is 1.57. The van der Waals surface area contributed by atoms with E-state index in [1.54, 1.807) is 18.2 Å². The second-order valence-corrected chi connectivity index (χ2v) is 7.06. The molecule has 0 aliphatic carbocycles. The van der Waals surface area contributed by atoms with Gasteiger partial charge in [-0.3, -0.25) is 14.5 Å². The first kappa shape index (κ1) is 21.8. The van der Waals surface area contributed by atoms with Gasteiger partial charge in [0.05, 0.1) is 18.9 Å². The molecule has 3 rings (SSSR count). The van der Waals surface area contributed by atoms with Crippen LogP contribution in [0.5, 0.6) is 17.2 Å². The maximum atomic E-state index is 12.4. The maximum Gasteiger partial charge on any atom is 0.265 e. The first-order valence-corrected chi connectivity index (χ1v) is 10.3. The van der Waals surface area contributed by atoms with Gasteiger partial charge in [0.1, 0.15) is 12.3 Å². The van der Waals surface area contributed by atoms with E-state index >= 15 is 0 Å². The van der Waals surface area contributed by atoms with Gasteiger partial charge >= 0.3 is 0 Å². The molecule has 0 bridgehead atoms. The number of carbonyl (C=O) groups is 2. The molecule has 1 aliphatic heterocycles. The van der Waals surface area contributed by atoms with Crippen LogP contribution in [0.3, 0.4) is 0 Å². The summed E-state index contributed by atoms with van der Waals surface area (Å²) in [5.74, 6) is 1.38. The van der Waals surface area contributed by atoms with Crippen LogP contribution < -0.4 is 24.4 Å². The van der Waals surface area contributed by atoms with Crippen LogP contribution in [0.1, 0.15) is 19.4 Å². The van der Waals surface area contributed by atoms with Crippen LogP contribution >= 0.6 is 11.6 Å². The molecule has 1 N–H and O–H groups in total. The summed E-state index contributed by atoms with van der Waals surface area (Å²) in [6, 6.07) is 10.7. The minimum absolute atomic E-state index is 0.0942. The van der Waals surface area contributed by atoms with E-state index in [4.69, 9.17) is 25.8 Å². The Bertz CT molecular complexity index is 918. The lowest BCUT2D eigenvalue weighted by Gasteiger charge is -2.29. The molecule has 0 atom stereocenters. The van der Waals surface area contributed by atoms with E-state index in [0.717, 1.165) is 5.56 Å². The number of anilines is 1. The van der Waals surface area contributed by atoms with Gasteiger partial charge in [-0.25, -0.2) is 0 Å². The number of halogens is 1. The molecule has 30 heavy (non-hydrogen) atoms. The minimum atomic E-state index is -0.284. The van der Waals surface area contributed by atoms with Gasteiger partial charge < -0.3 is 19.5 Å². The Morgan fingerprint density at radius 3 is 2.67 bits per heavy atom. The van der Waals surface area contributed by atoms with E-state index in [0.29, 0.717) is 54.1 Å².